The Kier molecular flexibility index (Phi) is 5.11. The molecule has 1 unspecified atom stereocenters. The highest BCUT2D eigenvalue weighted by molar-refractivity contribution is 5.42. The van der Waals surface area contributed by atoms with Crippen molar-refractivity contribution in [3.8, 4) is 0 Å². The van der Waals surface area contributed by atoms with Gasteiger partial charge >= 0.3 is 0 Å². The molecule has 22 heavy (non-hydrogen) atoms. The number of rotatable bonds is 4. The van der Waals surface area contributed by atoms with Gasteiger partial charge in [-0.05, 0) is 97.9 Å². The predicted molar refractivity (Wildman–Crippen MR) is 98.1 cm³/mol. The third kappa shape index (κ3) is 3.43. The fourth-order valence-electron chi connectivity index (χ4n) is 3.74. The van der Waals surface area contributed by atoms with Crippen LogP contribution in [0.4, 0.5) is 0 Å². The van der Waals surface area contributed by atoms with Gasteiger partial charge in [-0.2, -0.15) is 0 Å². The summed E-state index contributed by atoms with van der Waals surface area (Å²) in [5.74, 6) is 0.562. The van der Waals surface area contributed by atoms with E-state index < -0.39 is 0 Å². The SMILES string of the molecule is CCc1cc(C)c(C(C)Cc2cc(C)c(C)c(C)c2)c(C)c1. The molecule has 0 amide bonds. The fourth-order valence-corrected chi connectivity index (χ4v) is 3.74. The Hall–Kier alpha value is -1.56. The van der Waals surface area contributed by atoms with E-state index in [-0.39, 0.29) is 0 Å². The Morgan fingerprint density at radius 2 is 1.18 bits per heavy atom. The van der Waals surface area contributed by atoms with Crippen LogP contribution in [-0.2, 0) is 12.8 Å². The zero-order valence-electron chi connectivity index (χ0n) is 15.3. The van der Waals surface area contributed by atoms with Crippen LogP contribution in [0.5, 0.6) is 0 Å². The molecule has 0 heteroatoms. The first-order valence-electron chi connectivity index (χ1n) is 8.50. The second-order valence-corrected chi connectivity index (χ2v) is 6.96. The van der Waals surface area contributed by atoms with Crippen LogP contribution in [0.1, 0.15) is 64.3 Å². The minimum Gasteiger partial charge on any atom is -0.0613 e. The highest BCUT2D eigenvalue weighted by Crippen LogP contribution is 2.29. The highest BCUT2D eigenvalue weighted by Gasteiger charge is 2.14. The van der Waals surface area contributed by atoms with Crippen LogP contribution in [0, 0.1) is 34.6 Å². The molecule has 2 aromatic rings. The lowest BCUT2D eigenvalue weighted by Gasteiger charge is -2.20. The van der Waals surface area contributed by atoms with Gasteiger partial charge in [0.1, 0.15) is 0 Å². The number of benzene rings is 2. The van der Waals surface area contributed by atoms with Crippen molar-refractivity contribution >= 4 is 0 Å². The van der Waals surface area contributed by atoms with Gasteiger partial charge in [-0.25, -0.2) is 0 Å². The molecule has 0 spiro atoms. The standard InChI is InChI=1S/C22H30/c1-8-20-11-16(4)22(17(5)12-20)18(6)13-21-9-14(2)19(7)15(3)10-21/h9-12,18H,8,13H2,1-7H3. The summed E-state index contributed by atoms with van der Waals surface area (Å²) in [6.45, 7) is 15.8. The van der Waals surface area contributed by atoms with E-state index in [9.17, 15) is 0 Å². The fraction of sp³-hybridized carbons (Fsp3) is 0.455. The third-order valence-corrected chi connectivity index (χ3v) is 5.08. The third-order valence-electron chi connectivity index (χ3n) is 5.08. The minimum atomic E-state index is 0.562. The molecule has 2 rings (SSSR count). The summed E-state index contributed by atoms with van der Waals surface area (Å²) < 4.78 is 0. The maximum Gasteiger partial charge on any atom is -0.0145 e. The molecule has 2 aromatic carbocycles. The molecule has 0 radical (unpaired) electrons. The molecule has 0 bridgehead atoms. The van der Waals surface area contributed by atoms with Crippen LogP contribution in [0.15, 0.2) is 24.3 Å². The first kappa shape index (κ1) is 16.8. The molecule has 0 heterocycles. The van der Waals surface area contributed by atoms with Crippen LogP contribution >= 0.6 is 0 Å². The number of hydrogen-bond acceptors (Lipinski definition) is 0. The topological polar surface area (TPSA) is 0 Å². The summed E-state index contributed by atoms with van der Waals surface area (Å²) in [6.07, 6.45) is 2.24. The molecule has 0 N–H and O–H groups in total. The van der Waals surface area contributed by atoms with Crippen LogP contribution in [-0.4, -0.2) is 0 Å². The van der Waals surface area contributed by atoms with E-state index in [2.05, 4.69) is 72.7 Å². The van der Waals surface area contributed by atoms with Gasteiger partial charge in [0.2, 0.25) is 0 Å². The van der Waals surface area contributed by atoms with Crippen LogP contribution in [0.25, 0.3) is 0 Å². The molecule has 0 nitrogen and oxygen atoms in total. The van der Waals surface area contributed by atoms with Crippen molar-refractivity contribution in [2.45, 2.75) is 67.2 Å². The second-order valence-electron chi connectivity index (χ2n) is 6.96. The summed E-state index contributed by atoms with van der Waals surface area (Å²) in [5.41, 5.74) is 11.6. The number of hydrogen-bond donors (Lipinski definition) is 0. The lowest BCUT2D eigenvalue weighted by molar-refractivity contribution is 0.744. The summed E-state index contributed by atoms with van der Waals surface area (Å²) in [4.78, 5) is 0. The summed E-state index contributed by atoms with van der Waals surface area (Å²) in [7, 11) is 0. The molecule has 0 aliphatic carbocycles. The Labute approximate surface area is 136 Å². The van der Waals surface area contributed by atoms with Crippen molar-refractivity contribution < 1.29 is 0 Å². The van der Waals surface area contributed by atoms with E-state index >= 15 is 0 Å². The highest BCUT2D eigenvalue weighted by atomic mass is 14.2. The minimum absolute atomic E-state index is 0.562. The average Bonchev–Trinajstić information content (AvgIpc) is 2.43. The molecule has 0 aromatic heterocycles. The van der Waals surface area contributed by atoms with E-state index in [0.29, 0.717) is 5.92 Å². The Morgan fingerprint density at radius 3 is 1.64 bits per heavy atom. The average molecular weight is 294 g/mol. The largest absolute Gasteiger partial charge is 0.0613 e. The van der Waals surface area contributed by atoms with Gasteiger partial charge in [0.15, 0.2) is 0 Å². The molecule has 0 fully saturated rings. The predicted octanol–water partition coefficient (Wildman–Crippen LogP) is 6.14. The second kappa shape index (κ2) is 6.69. The molecule has 118 valence electrons. The molecule has 0 saturated heterocycles. The first-order valence-corrected chi connectivity index (χ1v) is 8.50. The monoisotopic (exact) mass is 294 g/mol. The molecule has 0 aliphatic heterocycles. The molecule has 0 aliphatic rings. The first-order chi connectivity index (χ1) is 10.3. The molecule has 0 saturated carbocycles. The Morgan fingerprint density at radius 1 is 0.727 bits per heavy atom. The van der Waals surface area contributed by atoms with E-state index in [4.69, 9.17) is 0 Å². The van der Waals surface area contributed by atoms with Crippen molar-refractivity contribution in [1.82, 2.24) is 0 Å². The van der Waals surface area contributed by atoms with E-state index in [0.717, 1.165) is 12.8 Å². The summed E-state index contributed by atoms with van der Waals surface area (Å²) in [5, 5.41) is 0. The van der Waals surface area contributed by atoms with Gasteiger partial charge < -0.3 is 0 Å². The summed E-state index contributed by atoms with van der Waals surface area (Å²) >= 11 is 0. The smallest absolute Gasteiger partial charge is 0.0145 e. The van der Waals surface area contributed by atoms with E-state index in [1.807, 2.05) is 0 Å². The maximum absolute atomic E-state index is 2.37. The van der Waals surface area contributed by atoms with E-state index in [1.54, 1.807) is 0 Å². The zero-order chi connectivity index (χ0) is 16.4. The van der Waals surface area contributed by atoms with Gasteiger partial charge in [-0.15, -0.1) is 0 Å². The lowest BCUT2D eigenvalue weighted by Crippen LogP contribution is -2.05. The molecular weight excluding hydrogens is 264 g/mol. The molecular formula is C22H30. The van der Waals surface area contributed by atoms with Crippen molar-refractivity contribution in [2.75, 3.05) is 0 Å². The zero-order valence-corrected chi connectivity index (χ0v) is 15.3. The van der Waals surface area contributed by atoms with Crippen LogP contribution in [0.3, 0.4) is 0 Å². The maximum atomic E-state index is 2.37. The van der Waals surface area contributed by atoms with Gasteiger partial charge in [-0.1, -0.05) is 38.1 Å². The van der Waals surface area contributed by atoms with Crippen LogP contribution in [0.2, 0.25) is 0 Å². The Balaban J connectivity index is 2.32. The van der Waals surface area contributed by atoms with Crippen LogP contribution < -0.4 is 0 Å². The normalized spacial score (nSPS) is 12.5. The van der Waals surface area contributed by atoms with Gasteiger partial charge in [-0.3, -0.25) is 0 Å². The van der Waals surface area contributed by atoms with Crippen molar-refractivity contribution in [3.05, 3.63) is 68.8 Å². The number of aryl methyl sites for hydroxylation is 5. The van der Waals surface area contributed by atoms with Gasteiger partial charge in [0, 0.05) is 0 Å². The van der Waals surface area contributed by atoms with Crippen molar-refractivity contribution in [2.24, 2.45) is 0 Å². The van der Waals surface area contributed by atoms with Crippen molar-refractivity contribution in [1.29, 1.82) is 0 Å². The summed E-state index contributed by atoms with van der Waals surface area (Å²) in [6, 6.07) is 9.46. The van der Waals surface area contributed by atoms with E-state index in [1.165, 1.54) is 44.5 Å². The quantitative estimate of drug-likeness (QED) is 0.635. The molecule has 1 atom stereocenters. The van der Waals surface area contributed by atoms with Gasteiger partial charge in [0.25, 0.3) is 0 Å². The lowest BCUT2D eigenvalue weighted by atomic mass is 9.85. The van der Waals surface area contributed by atoms with Gasteiger partial charge in [0.05, 0.1) is 0 Å². The Bertz CT molecular complexity index is 630. The van der Waals surface area contributed by atoms with Crippen molar-refractivity contribution in [3.63, 3.8) is 0 Å².